The van der Waals surface area contributed by atoms with Gasteiger partial charge in [0, 0.05) is 25.4 Å². The van der Waals surface area contributed by atoms with Gasteiger partial charge in [0.25, 0.3) is 0 Å². The molecule has 0 bridgehead atoms. The van der Waals surface area contributed by atoms with Gasteiger partial charge in [0.2, 0.25) is 5.91 Å². The van der Waals surface area contributed by atoms with Gasteiger partial charge in [0.15, 0.2) is 0 Å². The zero-order valence-electron chi connectivity index (χ0n) is 12.3. The molecule has 1 saturated heterocycles. The van der Waals surface area contributed by atoms with Crippen LogP contribution in [0.2, 0.25) is 0 Å². The van der Waals surface area contributed by atoms with Gasteiger partial charge in [-0.15, -0.1) is 0 Å². The van der Waals surface area contributed by atoms with E-state index in [-0.39, 0.29) is 17.8 Å². The second-order valence-electron chi connectivity index (χ2n) is 5.35. The molecule has 0 aliphatic carbocycles. The number of likely N-dealkylation sites (tertiary alicyclic amines) is 1. The lowest BCUT2D eigenvalue weighted by molar-refractivity contribution is -0.127. The lowest BCUT2D eigenvalue weighted by Gasteiger charge is -2.14. The van der Waals surface area contributed by atoms with Gasteiger partial charge in [-0.2, -0.15) is 0 Å². The number of aryl methyl sites for hydroxylation is 1. The van der Waals surface area contributed by atoms with Gasteiger partial charge in [0.1, 0.15) is 0 Å². The summed E-state index contributed by atoms with van der Waals surface area (Å²) in [5, 5.41) is 0. The number of nitrogens with zero attached hydrogens (tertiary/aromatic N) is 1. The van der Waals surface area contributed by atoms with Crippen molar-refractivity contribution in [1.29, 1.82) is 0 Å². The second kappa shape index (κ2) is 6.07. The van der Waals surface area contributed by atoms with E-state index in [1.165, 1.54) is 0 Å². The van der Waals surface area contributed by atoms with Crippen molar-refractivity contribution in [3.05, 3.63) is 34.9 Å². The van der Waals surface area contributed by atoms with Gasteiger partial charge < -0.3 is 9.64 Å². The van der Waals surface area contributed by atoms with E-state index in [0.29, 0.717) is 25.1 Å². The Balaban J connectivity index is 1.93. The number of ether oxygens (including phenoxy) is 1. The van der Waals surface area contributed by atoms with Crippen LogP contribution >= 0.6 is 0 Å². The number of carbonyl (C=O) groups is 2. The number of carbonyl (C=O) groups excluding carboxylic acids is 2. The lowest BCUT2D eigenvalue weighted by Crippen LogP contribution is -2.25. The molecule has 1 amide bonds. The fourth-order valence-corrected chi connectivity index (χ4v) is 2.51. The van der Waals surface area contributed by atoms with Crippen LogP contribution < -0.4 is 0 Å². The molecule has 0 spiro atoms. The Morgan fingerprint density at radius 2 is 2.15 bits per heavy atom. The first-order valence-electron chi connectivity index (χ1n) is 7.04. The first-order valence-corrected chi connectivity index (χ1v) is 7.04. The zero-order chi connectivity index (χ0) is 14.7. The highest BCUT2D eigenvalue weighted by atomic mass is 16.5. The summed E-state index contributed by atoms with van der Waals surface area (Å²) in [4.78, 5) is 25.5. The van der Waals surface area contributed by atoms with Gasteiger partial charge in [0.05, 0.1) is 12.2 Å². The summed E-state index contributed by atoms with van der Waals surface area (Å²) in [6.07, 6.45) is 0.480. The van der Waals surface area contributed by atoms with Crippen LogP contribution in [-0.2, 0) is 9.53 Å². The van der Waals surface area contributed by atoms with Gasteiger partial charge >= 0.3 is 5.97 Å². The van der Waals surface area contributed by atoms with Crippen molar-refractivity contribution in [2.75, 3.05) is 19.7 Å². The molecule has 0 N–H and O–H groups in total. The summed E-state index contributed by atoms with van der Waals surface area (Å²) in [6.45, 7) is 7.58. The molecule has 1 aromatic rings. The minimum Gasteiger partial charge on any atom is -0.462 e. The molecule has 1 aliphatic rings. The predicted octanol–water partition coefficient (Wildman–Crippen LogP) is 2.33. The number of esters is 1. The zero-order valence-corrected chi connectivity index (χ0v) is 12.3. The largest absolute Gasteiger partial charge is 0.462 e. The first kappa shape index (κ1) is 14.6. The third-order valence-corrected chi connectivity index (χ3v) is 3.95. The summed E-state index contributed by atoms with van der Waals surface area (Å²) in [7, 11) is 0. The van der Waals surface area contributed by atoms with E-state index in [9.17, 15) is 9.59 Å². The Hall–Kier alpha value is -1.84. The SMILES string of the molecule is CCN1C[C@H](COC(=O)c2cccc(C)c2C)CC1=O. The molecule has 0 saturated carbocycles. The maximum absolute atomic E-state index is 12.1. The topological polar surface area (TPSA) is 46.6 Å². The van der Waals surface area contributed by atoms with Gasteiger partial charge in [-0.05, 0) is 38.0 Å². The van der Waals surface area contributed by atoms with Crippen molar-refractivity contribution in [2.24, 2.45) is 5.92 Å². The Morgan fingerprint density at radius 1 is 1.40 bits per heavy atom. The normalized spacial score (nSPS) is 18.4. The maximum Gasteiger partial charge on any atom is 0.338 e. The van der Waals surface area contributed by atoms with Crippen molar-refractivity contribution in [3.8, 4) is 0 Å². The molecule has 0 unspecified atom stereocenters. The third kappa shape index (κ3) is 3.00. The molecule has 0 aromatic heterocycles. The van der Waals surface area contributed by atoms with E-state index >= 15 is 0 Å². The van der Waals surface area contributed by atoms with Crippen LogP contribution in [0.3, 0.4) is 0 Å². The minimum absolute atomic E-state index is 0.122. The van der Waals surface area contributed by atoms with Crippen molar-refractivity contribution < 1.29 is 14.3 Å². The van der Waals surface area contributed by atoms with E-state index < -0.39 is 0 Å². The van der Waals surface area contributed by atoms with Gasteiger partial charge in [-0.25, -0.2) is 4.79 Å². The van der Waals surface area contributed by atoms with Gasteiger partial charge in [-0.3, -0.25) is 4.79 Å². The molecule has 1 aliphatic heterocycles. The summed E-state index contributed by atoms with van der Waals surface area (Å²) >= 11 is 0. The molecule has 108 valence electrons. The second-order valence-corrected chi connectivity index (χ2v) is 5.35. The maximum atomic E-state index is 12.1. The van der Waals surface area contributed by atoms with Crippen LogP contribution in [0.25, 0.3) is 0 Å². The van der Waals surface area contributed by atoms with Crippen molar-refractivity contribution in [1.82, 2.24) is 4.90 Å². The fraction of sp³-hybridized carbons (Fsp3) is 0.500. The number of hydrogen-bond donors (Lipinski definition) is 0. The minimum atomic E-state index is -0.298. The Morgan fingerprint density at radius 3 is 2.80 bits per heavy atom. The Labute approximate surface area is 119 Å². The predicted molar refractivity (Wildman–Crippen MR) is 76.6 cm³/mol. The van der Waals surface area contributed by atoms with Crippen LogP contribution in [-0.4, -0.2) is 36.5 Å². The fourth-order valence-electron chi connectivity index (χ4n) is 2.51. The molecular formula is C16H21NO3. The molecule has 4 nitrogen and oxygen atoms in total. The van der Waals surface area contributed by atoms with Crippen molar-refractivity contribution >= 4 is 11.9 Å². The summed E-state index contributed by atoms with van der Waals surface area (Å²) in [6, 6.07) is 5.61. The van der Waals surface area contributed by atoms with Crippen molar-refractivity contribution in [3.63, 3.8) is 0 Å². The van der Waals surface area contributed by atoms with E-state index in [4.69, 9.17) is 4.74 Å². The van der Waals surface area contributed by atoms with E-state index in [0.717, 1.165) is 17.7 Å². The van der Waals surface area contributed by atoms with Crippen LogP contribution in [0.15, 0.2) is 18.2 Å². The molecule has 4 heteroatoms. The molecule has 0 radical (unpaired) electrons. The average Bonchev–Trinajstić information content (AvgIpc) is 2.79. The monoisotopic (exact) mass is 275 g/mol. The summed E-state index contributed by atoms with van der Waals surface area (Å²) in [5.74, 6) is -0.0228. The van der Waals surface area contributed by atoms with Crippen LogP contribution in [0, 0.1) is 19.8 Å². The summed E-state index contributed by atoms with van der Waals surface area (Å²) < 4.78 is 5.37. The molecular weight excluding hydrogens is 254 g/mol. The molecule has 2 rings (SSSR count). The number of benzene rings is 1. The van der Waals surface area contributed by atoms with E-state index in [2.05, 4.69) is 0 Å². The highest BCUT2D eigenvalue weighted by Crippen LogP contribution is 2.19. The van der Waals surface area contributed by atoms with E-state index in [1.54, 1.807) is 11.0 Å². The molecule has 1 atom stereocenters. The number of hydrogen-bond acceptors (Lipinski definition) is 3. The number of rotatable bonds is 4. The van der Waals surface area contributed by atoms with Crippen LogP contribution in [0.5, 0.6) is 0 Å². The lowest BCUT2D eigenvalue weighted by atomic mass is 10.0. The van der Waals surface area contributed by atoms with E-state index in [1.807, 2.05) is 32.9 Å². The van der Waals surface area contributed by atoms with Crippen LogP contribution in [0.1, 0.15) is 34.8 Å². The quantitative estimate of drug-likeness (QED) is 0.792. The smallest absolute Gasteiger partial charge is 0.338 e. The highest BCUT2D eigenvalue weighted by Gasteiger charge is 2.29. The number of amides is 1. The highest BCUT2D eigenvalue weighted by molar-refractivity contribution is 5.91. The molecule has 1 fully saturated rings. The standard InChI is InChI=1S/C16H21NO3/c1-4-17-9-13(8-15(17)18)10-20-16(19)14-7-5-6-11(2)12(14)3/h5-7,13H,4,8-10H2,1-3H3/t13-/m1/s1. The average molecular weight is 275 g/mol. The molecule has 1 heterocycles. The van der Waals surface area contributed by atoms with Gasteiger partial charge in [-0.1, -0.05) is 12.1 Å². The summed E-state index contributed by atoms with van der Waals surface area (Å²) in [5.41, 5.74) is 2.64. The molecule has 20 heavy (non-hydrogen) atoms. The third-order valence-electron chi connectivity index (χ3n) is 3.95. The first-order chi connectivity index (χ1) is 9.52. The van der Waals surface area contributed by atoms with Crippen LogP contribution in [0.4, 0.5) is 0 Å². The Kier molecular flexibility index (Phi) is 4.42. The molecule has 1 aromatic carbocycles. The Bertz CT molecular complexity index is 524. The van der Waals surface area contributed by atoms with Crippen molar-refractivity contribution in [2.45, 2.75) is 27.2 Å².